The smallest absolute Gasteiger partial charge is 0.410 e. The van der Waals surface area contributed by atoms with Crippen LogP contribution in [0.25, 0.3) is 0 Å². The van der Waals surface area contributed by atoms with E-state index in [1.54, 1.807) is 0 Å². The van der Waals surface area contributed by atoms with Gasteiger partial charge in [-0.15, -0.1) is 0 Å². The number of hydrogen-bond donors (Lipinski definition) is 0. The molecule has 17 heavy (non-hydrogen) atoms. The molecule has 1 aliphatic heterocycles. The van der Waals surface area contributed by atoms with E-state index in [9.17, 15) is 4.79 Å². The highest BCUT2D eigenvalue weighted by Gasteiger charge is 2.29. The van der Waals surface area contributed by atoms with Crippen molar-refractivity contribution < 1.29 is 9.53 Å². The number of likely N-dealkylation sites (tertiary alicyclic amines) is 1. The summed E-state index contributed by atoms with van der Waals surface area (Å²) < 4.78 is 5.44. The highest BCUT2D eigenvalue weighted by Crippen LogP contribution is 2.18. The standard InChI is InChI=1S/C13H26N2O2/c1-6-15(12(16)17-13(2,3)4)11-7-9-14(5)10-8-11/h11H,6-10H2,1-5H3. The molecule has 1 saturated heterocycles. The molecular formula is C13H26N2O2. The summed E-state index contributed by atoms with van der Waals surface area (Å²) >= 11 is 0. The minimum absolute atomic E-state index is 0.172. The molecule has 0 atom stereocenters. The molecule has 0 aromatic rings. The Kier molecular flexibility index (Phi) is 4.80. The van der Waals surface area contributed by atoms with Crippen molar-refractivity contribution in [2.45, 2.75) is 52.2 Å². The van der Waals surface area contributed by atoms with Crippen molar-refractivity contribution in [3.05, 3.63) is 0 Å². The van der Waals surface area contributed by atoms with Crippen molar-refractivity contribution in [2.75, 3.05) is 26.7 Å². The van der Waals surface area contributed by atoms with Crippen LogP contribution >= 0.6 is 0 Å². The molecule has 4 nitrogen and oxygen atoms in total. The fourth-order valence-electron chi connectivity index (χ4n) is 2.16. The van der Waals surface area contributed by atoms with Gasteiger partial charge in [0.1, 0.15) is 5.60 Å². The number of piperidine rings is 1. The zero-order chi connectivity index (χ0) is 13.1. The second kappa shape index (κ2) is 5.71. The number of carbonyl (C=O) groups is 1. The lowest BCUT2D eigenvalue weighted by molar-refractivity contribution is 0.0107. The Hall–Kier alpha value is -0.770. The van der Waals surface area contributed by atoms with Crippen LogP contribution in [-0.2, 0) is 4.74 Å². The van der Waals surface area contributed by atoms with E-state index in [0.29, 0.717) is 6.04 Å². The van der Waals surface area contributed by atoms with Gasteiger partial charge in [-0.25, -0.2) is 4.79 Å². The van der Waals surface area contributed by atoms with Gasteiger partial charge in [0.2, 0.25) is 0 Å². The maximum absolute atomic E-state index is 12.1. The van der Waals surface area contributed by atoms with E-state index in [1.165, 1.54) is 0 Å². The monoisotopic (exact) mass is 242 g/mol. The molecule has 0 N–H and O–H groups in total. The highest BCUT2D eigenvalue weighted by atomic mass is 16.6. The van der Waals surface area contributed by atoms with Gasteiger partial charge in [0.05, 0.1) is 0 Å². The lowest BCUT2D eigenvalue weighted by Gasteiger charge is -2.37. The third-order valence-electron chi connectivity index (χ3n) is 3.10. The third-order valence-corrected chi connectivity index (χ3v) is 3.10. The van der Waals surface area contributed by atoms with Gasteiger partial charge in [-0.1, -0.05) is 0 Å². The molecule has 4 heteroatoms. The summed E-state index contributed by atoms with van der Waals surface area (Å²) in [5.74, 6) is 0. The van der Waals surface area contributed by atoms with E-state index in [1.807, 2.05) is 32.6 Å². The first kappa shape index (κ1) is 14.3. The summed E-state index contributed by atoms with van der Waals surface area (Å²) in [6.45, 7) is 10.6. The molecule has 0 aliphatic carbocycles. The minimum Gasteiger partial charge on any atom is -0.444 e. The molecule has 0 aromatic carbocycles. The van der Waals surface area contributed by atoms with Gasteiger partial charge < -0.3 is 14.5 Å². The molecule has 1 aliphatic rings. The summed E-state index contributed by atoms with van der Waals surface area (Å²) in [7, 11) is 2.12. The van der Waals surface area contributed by atoms with Gasteiger partial charge in [0, 0.05) is 12.6 Å². The van der Waals surface area contributed by atoms with Gasteiger partial charge in [0.15, 0.2) is 0 Å². The first-order valence-corrected chi connectivity index (χ1v) is 6.51. The summed E-state index contributed by atoms with van der Waals surface area (Å²) in [6, 6.07) is 0.339. The SMILES string of the molecule is CCN(C(=O)OC(C)(C)C)C1CCN(C)CC1. The maximum atomic E-state index is 12.1. The lowest BCUT2D eigenvalue weighted by atomic mass is 10.0. The van der Waals surface area contributed by atoms with Crippen LogP contribution in [0.5, 0.6) is 0 Å². The Morgan fingerprint density at radius 1 is 1.35 bits per heavy atom. The predicted molar refractivity (Wildman–Crippen MR) is 69.1 cm³/mol. The number of nitrogens with zero attached hydrogens (tertiary/aromatic N) is 2. The van der Waals surface area contributed by atoms with Gasteiger partial charge in [-0.3, -0.25) is 0 Å². The molecule has 0 bridgehead atoms. The molecule has 1 rings (SSSR count). The van der Waals surface area contributed by atoms with Gasteiger partial charge >= 0.3 is 6.09 Å². The second-order valence-corrected chi connectivity index (χ2v) is 5.80. The van der Waals surface area contributed by atoms with Gasteiger partial charge in [-0.2, -0.15) is 0 Å². The molecule has 0 radical (unpaired) electrons. The van der Waals surface area contributed by atoms with E-state index in [-0.39, 0.29) is 6.09 Å². The van der Waals surface area contributed by atoms with Crippen LogP contribution in [-0.4, -0.2) is 54.2 Å². The fourth-order valence-corrected chi connectivity index (χ4v) is 2.16. The Morgan fingerprint density at radius 3 is 2.29 bits per heavy atom. The van der Waals surface area contributed by atoms with Crippen LogP contribution in [0.3, 0.4) is 0 Å². The molecule has 0 spiro atoms. The number of rotatable bonds is 2. The van der Waals surface area contributed by atoms with Gasteiger partial charge in [0.25, 0.3) is 0 Å². The van der Waals surface area contributed by atoms with Crippen molar-refractivity contribution in [2.24, 2.45) is 0 Å². The van der Waals surface area contributed by atoms with Crippen molar-refractivity contribution in [1.82, 2.24) is 9.80 Å². The van der Waals surface area contributed by atoms with Crippen molar-refractivity contribution >= 4 is 6.09 Å². The number of hydrogen-bond acceptors (Lipinski definition) is 3. The molecule has 0 unspecified atom stereocenters. The molecule has 1 heterocycles. The Bertz CT molecular complexity index is 253. The summed E-state index contributed by atoms with van der Waals surface area (Å²) in [5.41, 5.74) is -0.407. The number of ether oxygens (including phenoxy) is 1. The molecular weight excluding hydrogens is 216 g/mol. The topological polar surface area (TPSA) is 32.8 Å². The second-order valence-electron chi connectivity index (χ2n) is 5.80. The van der Waals surface area contributed by atoms with Crippen molar-refractivity contribution in [3.8, 4) is 0 Å². The van der Waals surface area contributed by atoms with E-state index < -0.39 is 5.60 Å². The van der Waals surface area contributed by atoms with Crippen molar-refractivity contribution in [1.29, 1.82) is 0 Å². The molecule has 0 saturated carbocycles. The Morgan fingerprint density at radius 2 is 1.88 bits per heavy atom. The minimum atomic E-state index is -0.407. The normalized spacial score (nSPS) is 19.1. The molecule has 100 valence electrons. The quantitative estimate of drug-likeness (QED) is 0.745. The average Bonchev–Trinajstić information content (AvgIpc) is 2.19. The lowest BCUT2D eigenvalue weighted by Crippen LogP contribution is -2.48. The van der Waals surface area contributed by atoms with E-state index in [4.69, 9.17) is 4.74 Å². The Labute approximate surface area is 105 Å². The summed E-state index contributed by atoms with van der Waals surface area (Å²) in [4.78, 5) is 16.2. The van der Waals surface area contributed by atoms with Crippen LogP contribution < -0.4 is 0 Å². The van der Waals surface area contributed by atoms with Crippen LogP contribution in [0.15, 0.2) is 0 Å². The first-order chi connectivity index (χ1) is 7.83. The summed E-state index contributed by atoms with van der Waals surface area (Å²) in [6.07, 6.45) is 1.92. The maximum Gasteiger partial charge on any atom is 0.410 e. The molecule has 1 fully saturated rings. The fraction of sp³-hybridized carbons (Fsp3) is 0.923. The van der Waals surface area contributed by atoms with Crippen LogP contribution in [0, 0.1) is 0 Å². The van der Waals surface area contributed by atoms with Crippen molar-refractivity contribution in [3.63, 3.8) is 0 Å². The predicted octanol–water partition coefficient (Wildman–Crippen LogP) is 2.34. The van der Waals surface area contributed by atoms with E-state index in [2.05, 4.69) is 11.9 Å². The Balaban J connectivity index is 2.55. The van der Waals surface area contributed by atoms with Crippen LogP contribution in [0.4, 0.5) is 4.79 Å². The van der Waals surface area contributed by atoms with Crippen LogP contribution in [0.1, 0.15) is 40.5 Å². The highest BCUT2D eigenvalue weighted by molar-refractivity contribution is 5.68. The molecule has 0 aromatic heterocycles. The first-order valence-electron chi connectivity index (χ1n) is 6.51. The zero-order valence-corrected chi connectivity index (χ0v) is 11.8. The number of carbonyl (C=O) groups excluding carboxylic acids is 1. The molecule has 1 amide bonds. The largest absolute Gasteiger partial charge is 0.444 e. The average molecular weight is 242 g/mol. The van der Waals surface area contributed by atoms with Gasteiger partial charge in [-0.05, 0) is 60.7 Å². The van der Waals surface area contributed by atoms with Crippen LogP contribution in [0.2, 0.25) is 0 Å². The summed E-state index contributed by atoms with van der Waals surface area (Å²) in [5, 5.41) is 0. The zero-order valence-electron chi connectivity index (χ0n) is 11.8. The van der Waals surface area contributed by atoms with E-state index >= 15 is 0 Å². The van der Waals surface area contributed by atoms with E-state index in [0.717, 1.165) is 32.5 Å². The number of amides is 1. The third kappa shape index (κ3) is 4.54.